The SMILES string of the molecule is CC(C)Cc1noc(CSc2ccc3ccccc3n2)n1. The standard InChI is InChI=1S/C16H17N3OS/c1-11(2)9-14-18-15(20-19-14)10-21-16-8-7-12-5-3-4-6-13(12)17-16/h3-8,11H,9-10H2,1-2H3. The van der Waals surface area contributed by atoms with Crippen LogP contribution in [0, 0.1) is 5.92 Å². The molecule has 0 aliphatic heterocycles. The highest BCUT2D eigenvalue weighted by Gasteiger charge is 2.09. The van der Waals surface area contributed by atoms with E-state index in [4.69, 9.17) is 4.52 Å². The third-order valence-corrected chi connectivity index (χ3v) is 3.93. The minimum absolute atomic E-state index is 0.533. The van der Waals surface area contributed by atoms with Crippen LogP contribution in [-0.4, -0.2) is 15.1 Å². The average Bonchev–Trinajstić information content (AvgIpc) is 2.91. The predicted octanol–water partition coefficient (Wildman–Crippen LogP) is 4.11. The lowest BCUT2D eigenvalue weighted by Gasteiger charge is -2.00. The van der Waals surface area contributed by atoms with E-state index in [2.05, 4.69) is 41.1 Å². The Balaban J connectivity index is 1.67. The molecule has 0 spiro atoms. The number of hydrogen-bond acceptors (Lipinski definition) is 5. The smallest absolute Gasteiger partial charge is 0.237 e. The predicted molar refractivity (Wildman–Crippen MR) is 84.1 cm³/mol. The van der Waals surface area contributed by atoms with Crippen LogP contribution in [0.25, 0.3) is 10.9 Å². The number of para-hydroxylation sites is 1. The Morgan fingerprint density at radius 1 is 1.10 bits per heavy atom. The van der Waals surface area contributed by atoms with Crippen molar-refractivity contribution < 1.29 is 4.52 Å². The Bertz CT molecular complexity index is 739. The Kier molecular flexibility index (Phi) is 4.20. The van der Waals surface area contributed by atoms with Crippen LogP contribution in [0.15, 0.2) is 45.9 Å². The van der Waals surface area contributed by atoms with Gasteiger partial charge in [0.2, 0.25) is 5.89 Å². The van der Waals surface area contributed by atoms with Gasteiger partial charge in [0, 0.05) is 11.8 Å². The molecule has 0 saturated heterocycles. The second-order valence-electron chi connectivity index (χ2n) is 5.33. The molecule has 2 heterocycles. The first kappa shape index (κ1) is 14.1. The minimum Gasteiger partial charge on any atom is -0.338 e. The first-order valence-electron chi connectivity index (χ1n) is 7.01. The van der Waals surface area contributed by atoms with E-state index in [1.54, 1.807) is 11.8 Å². The molecule has 21 heavy (non-hydrogen) atoms. The van der Waals surface area contributed by atoms with Gasteiger partial charge < -0.3 is 4.52 Å². The van der Waals surface area contributed by atoms with Crippen LogP contribution in [0.3, 0.4) is 0 Å². The van der Waals surface area contributed by atoms with Crippen LogP contribution < -0.4 is 0 Å². The molecule has 0 radical (unpaired) electrons. The number of aromatic nitrogens is 3. The molecule has 0 fully saturated rings. The molecule has 0 bridgehead atoms. The van der Waals surface area contributed by atoms with Gasteiger partial charge in [-0.05, 0) is 18.1 Å². The van der Waals surface area contributed by atoms with Crippen molar-refractivity contribution in [2.24, 2.45) is 5.92 Å². The Morgan fingerprint density at radius 2 is 1.95 bits per heavy atom. The average molecular weight is 299 g/mol. The lowest BCUT2D eigenvalue weighted by atomic mass is 10.1. The topological polar surface area (TPSA) is 51.8 Å². The molecular formula is C16H17N3OS. The zero-order valence-corrected chi connectivity index (χ0v) is 12.9. The third-order valence-electron chi connectivity index (χ3n) is 3.02. The Hall–Kier alpha value is -1.88. The van der Waals surface area contributed by atoms with Crippen LogP contribution in [0.4, 0.5) is 0 Å². The van der Waals surface area contributed by atoms with Gasteiger partial charge in [0.1, 0.15) is 0 Å². The zero-order valence-electron chi connectivity index (χ0n) is 12.1. The second-order valence-corrected chi connectivity index (χ2v) is 6.33. The van der Waals surface area contributed by atoms with Crippen LogP contribution in [0.5, 0.6) is 0 Å². The number of hydrogen-bond donors (Lipinski definition) is 0. The third kappa shape index (κ3) is 3.61. The lowest BCUT2D eigenvalue weighted by Crippen LogP contribution is -1.96. The van der Waals surface area contributed by atoms with Crippen molar-refractivity contribution in [3.05, 3.63) is 48.1 Å². The summed E-state index contributed by atoms with van der Waals surface area (Å²) in [6, 6.07) is 12.2. The monoisotopic (exact) mass is 299 g/mol. The van der Waals surface area contributed by atoms with Crippen molar-refractivity contribution in [1.82, 2.24) is 15.1 Å². The van der Waals surface area contributed by atoms with Gasteiger partial charge in [0.05, 0.1) is 16.3 Å². The van der Waals surface area contributed by atoms with Crippen molar-refractivity contribution in [1.29, 1.82) is 0 Å². The fourth-order valence-corrected chi connectivity index (χ4v) is 2.78. The highest BCUT2D eigenvalue weighted by atomic mass is 32.2. The van der Waals surface area contributed by atoms with Gasteiger partial charge in [-0.15, -0.1) is 0 Å². The molecule has 0 aliphatic rings. The Morgan fingerprint density at radius 3 is 2.81 bits per heavy atom. The van der Waals surface area contributed by atoms with Crippen LogP contribution in [0.1, 0.15) is 25.6 Å². The number of pyridine rings is 1. The number of thioether (sulfide) groups is 1. The van der Waals surface area contributed by atoms with E-state index in [0.717, 1.165) is 28.2 Å². The number of benzene rings is 1. The van der Waals surface area contributed by atoms with E-state index in [1.807, 2.05) is 24.3 Å². The van der Waals surface area contributed by atoms with Crippen LogP contribution in [-0.2, 0) is 12.2 Å². The molecule has 3 rings (SSSR count). The molecule has 5 heteroatoms. The largest absolute Gasteiger partial charge is 0.338 e. The van der Waals surface area contributed by atoms with E-state index < -0.39 is 0 Å². The molecule has 0 saturated carbocycles. The summed E-state index contributed by atoms with van der Waals surface area (Å²) in [6.45, 7) is 4.29. The summed E-state index contributed by atoms with van der Waals surface area (Å²) in [6.07, 6.45) is 0.850. The zero-order chi connectivity index (χ0) is 14.7. The van der Waals surface area contributed by atoms with E-state index in [0.29, 0.717) is 17.6 Å². The maximum Gasteiger partial charge on any atom is 0.237 e. The van der Waals surface area contributed by atoms with E-state index >= 15 is 0 Å². The maximum atomic E-state index is 5.27. The molecule has 0 amide bonds. The van der Waals surface area contributed by atoms with Crippen molar-refractivity contribution in [3.63, 3.8) is 0 Å². The van der Waals surface area contributed by atoms with E-state index in [-0.39, 0.29) is 0 Å². The van der Waals surface area contributed by atoms with Crippen molar-refractivity contribution in [3.8, 4) is 0 Å². The van der Waals surface area contributed by atoms with Gasteiger partial charge in [-0.1, -0.05) is 55.0 Å². The van der Waals surface area contributed by atoms with E-state index in [9.17, 15) is 0 Å². The van der Waals surface area contributed by atoms with Crippen molar-refractivity contribution >= 4 is 22.7 Å². The summed E-state index contributed by atoms with van der Waals surface area (Å²) < 4.78 is 5.27. The molecular weight excluding hydrogens is 282 g/mol. The first-order valence-corrected chi connectivity index (χ1v) is 7.99. The summed E-state index contributed by atoms with van der Waals surface area (Å²) in [5.74, 6) is 2.62. The quantitative estimate of drug-likeness (QED) is 0.664. The maximum absolute atomic E-state index is 5.27. The van der Waals surface area contributed by atoms with Gasteiger partial charge in [-0.2, -0.15) is 4.98 Å². The molecule has 0 aliphatic carbocycles. The molecule has 0 atom stereocenters. The molecule has 0 unspecified atom stereocenters. The summed E-state index contributed by atoms with van der Waals surface area (Å²) in [5, 5.41) is 6.12. The number of rotatable bonds is 5. The lowest BCUT2D eigenvalue weighted by molar-refractivity contribution is 0.382. The fraction of sp³-hybridized carbons (Fsp3) is 0.312. The minimum atomic E-state index is 0.533. The highest BCUT2D eigenvalue weighted by Crippen LogP contribution is 2.23. The van der Waals surface area contributed by atoms with Crippen LogP contribution in [0.2, 0.25) is 0 Å². The summed E-state index contributed by atoms with van der Waals surface area (Å²) in [7, 11) is 0. The normalized spacial score (nSPS) is 11.4. The highest BCUT2D eigenvalue weighted by molar-refractivity contribution is 7.98. The molecule has 0 N–H and O–H groups in total. The number of nitrogens with zero attached hydrogens (tertiary/aromatic N) is 3. The second kappa shape index (κ2) is 6.26. The molecule has 108 valence electrons. The van der Waals surface area contributed by atoms with Crippen LogP contribution >= 0.6 is 11.8 Å². The first-order chi connectivity index (χ1) is 10.2. The van der Waals surface area contributed by atoms with Gasteiger partial charge in [-0.25, -0.2) is 4.98 Å². The van der Waals surface area contributed by atoms with Gasteiger partial charge in [-0.3, -0.25) is 0 Å². The number of fused-ring (bicyclic) bond motifs is 1. The summed E-state index contributed by atoms with van der Waals surface area (Å²) in [5.41, 5.74) is 1.01. The molecule has 4 nitrogen and oxygen atoms in total. The molecule has 1 aromatic carbocycles. The van der Waals surface area contributed by atoms with Gasteiger partial charge >= 0.3 is 0 Å². The van der Waals surface area contributed by atoms with Gasteiger partial charge in [0.15, 0.2) is 5.82 Å². The Labute approximate surface area is 128 Å². The van der Waals surface area contributed by atoms with E-state index in [1.165, 1.54) is 0 Å². The summed E-state index contributed by atoms with van der Waals surface area (Å²) in [4.78, 5) is 9.02. The van der Waals surface area contributed by atoms with Gasteiger partial charge in [0.25, 0.3) is 0 Å². The van der Waals surface area contributed by atoms with Crippen molar-refractivity contribution in [2.75, 3.05) is 0 Å². The fourth-order valence-electron chi connectivity index (χ4n) is 2.06. The van der Waals surface area contributed by atoms with Crippen molar-refractivity contribution in [2.45, 2.75) is 31.0 Å². The molecule has 2 aromatic heterocycles. The molecule has 3 aromatic rings. The summed E-state index contributed by atoms with van der Waals surface area (Å²) >= 11 is 1.61.